The van der Waals surface area contributed by atoms with Crippen LogP contribution in [-0.2, 0) is 5.41 Å². The van der Waals surface area contributed by atoms with Crippen molar-refractivity contribution in [2.75, 3.05) is 0 Å². The standard InChI is InChI=1S/C10H15N3S/c1-6(12)8-7(2)13-9(14-8)10(3,4)5-11/h6H,12H2,1-4H3. The monoisotopic (exact) mass is 209 g/mol. The number of hydrogen-bond acceptors (Lipinski definition) is 4. The van der Waals surface area contributed by atoms with E-state index >= 15 is 0 Å². The predicted molar refractivity (Wildman–Crippen MR) is 58.1 cm³/mol. The summed E-state index contributed by atoms with van der Waals surface area (Å²) in [5.74, 6) is 0. The summed E-state index contributed by atoms with van der Waals surface area (Å²) in [5.41, 5.74) is 6.24. The summed E-state index contributed by atoms with van der Waals surface area (Å²) in [4.78, 5) is 5.46. The number of nitriles is 1. The van der Waals surface area contributed by atoms with E-state index in [-0.39, 0.29) is 6.04 Å². The van der Waals surface area contributed by atoms with Gasteiger partial charge in [-0.1, -0.05) is 0 Å². The molecule has 0 aliphatic carbocycles. The van der Waals surface area contributed by atoms with Gasteiger partial charge in [0.1, 0.15) is 10.4 Å². The van der Waals surface area contributed by atoms with Crippen molar-refractivity contribution in [2.45, 2.75) is 39.2 Å². The Balaban J connectivity index is 3.16. The summed E-state index contributed by atoms with van der Waals surface area (Å²) in [6.45, 7) is 7.61. The molecule has 1 aromatic heterocycles. The summed E-state index contributed by atoms with van der Waals surface area (Å²) in [6, 6.07) is 2.24. The molecule has 0 aliphatic heterocycles. The summed E-state index contributed by atoms with van der Waals surface area (Å²) in [5, 5.41) is 9.82. The second-order valence-electron chi connectivity index (χ2n) is 3.99. The van der Waals surface area contributed by atoms with E-state index in [1.807, 2.05) is 27.7 Å². The van der Waals surface area contributed by atoms with E-state index in [1.165, 1.54) is 0 Å². The maximum Gasteiger partial charge on any atom is 0.113 e. The number of hydrogen-bond donors (Lipinski definition) is 1. The third-order valence-electron chi connectivity index (χ3n) is 2.06. The Labute approximate surface area is 88.6 Å². The Hall–Kier alpha value is -0.920. The van der Waals surface area contributed by atoms with Crippen molar-refractivity contribution in [3.8, 4) is 6.07 Å². The predicted octanol–water partition coefficient (Wildman–Crippen LogP) is 2.27. The molecule has 1 aromatic rings. The average Bonchev–Trinajstić information content (AvgIpc) is 2.48. The van der Waals surface area contributed by atoms with Gasteiger partial charge in [0.05, 0.1) is 11.8 Å². The number of nitrogens with zero attached hydrogens (tertiary/aromatic N) is 2. The van der Waals surface area contributed by atoms with Crippen molar-refractivity contribution in [3.63, 3.8) is 0 Å². The molecule has 2 N–H and O–H groups in total. The van der Waals surface area contributed by atoms with E-state index in [2.05, 4.69) is 11.1 Å². The van der Waals surface area contributed by atoms with Crippen LogP contribution >= 0.6 is 11.3 Å². The van der Waals surface area contributed by atoms with E-state index in [0.717, 1.165) is 15.6 Å². The zero-order chi connectivity index (χ0) is 10.9. The lowest BCUT2D eigenvalue weighted by molar-refractivity contribution is 0.677. The molecule has 0 spiro atoms. The van der Waals surface area contributed by atoms with Gasteiger partial charge in [0.15, 0.2) is 0 Å². The van der Waals surface area contributed by atoms with Gasteiger partial charge in [0, 0.05) is 10.9 Å². The van der Waals surface area contributed by atoms with Crippen molar-refractivity contribution in [1.82, 2.24) is 4.98 Å². The SMILES string of the molecule is Cc1nc(C(C)(C)C#N)sc1C(C)N. The molecule has 3 nitrogen and oxygen atoms in total. The first-order valence-corrected chi connectivity index (χ1v) is 5.34. The summed E-state index contributed by atoms with van der Waals surface area (Å²) >= 11 is 1.54. The third-order valence-corrected chi connectivity index (χ3v) is 3.74. The zero-order valence-corrected chi connectivity index (χ0v) is 9.77. The van der Waals surface area contributed by atoms with E-state index in [4.69, 9.17) is 11.0 Å². The average molecular weight is 209 g/mol. The van der Waals surface area contributed by atoms with Crippen LogP contribution < -0.4 is 5.73 Å². The van der Waals surface area contributed by atoms with Gasteiger partial charge in [-0.3, -0.25) is 0 Å². The van der Waals surface area contributed by atoms with E-state index in [9.17, 15) is 0 Å². The lowest BCUT2D eigenvalue weighted by Gasteiger charge is -2.09. The fraction of sp³-hybridized carbons (Fsp3) is 0.600. The van der Waals surface area contributed by atoms with Crippen LogP contribution in [0.1, 0.15) is 42.4 Å². The van der Waals surface area contributed by atoms with Crippen molar-refractivity contribution >= 4 is 11.3 Å². The first-order valence-electron chi connectivity index (χ1n) is 4.53. The van der Waals surface area contributed by atoms with Crippen LogP contribution in [0, 0.1) is 18.3 Å². The van der Waals surface area contributed by atoms with Crippen LogP contribution in [0.5, 0.6) is 0 Å². The van der Waals surface area contributed by atoms with Crippen molar-refractivity contribution in [1.29, 1.82) is 5.26 Å². The van der Waals surface area contributed by atoms with E-state index in [1.54, 1.807) is 11.3 Å². The molecule has 0 aliphatic rings. The second kappa shape index (κ2) is 3.68. The molecule has 0 saturated carbocycles. The Morgan fingerprint density at radius 1 is 1.57 bits per heavy atom. The quantitative estimate of drug-likeness (QED) is 0.812. The maximum absolute atomic E-state index is 8.97. The fourth-order valence-electron chi connectivity index (χ4n) is 1.15. The van der Waals surface area contributed by atoms with E-state index in [0.29, 0.717) is 0 Å². The highest BCUT2D eigenvalue weighted by Gasteiger charge is 2.25. The largest absolute Gasteiger partial charge is 0.323 e. The summed E-state index contributed by atoms with van der Waals surface area (Å²) in [6.07, 6.45) is 0. The van der Waals surface area contributed by atoms with Crippen LogP contribution in [0.3, 0.4) is 0 Å². The first-order chi connectivity index (χ1) is 6.38. The number of aryl methyl sites for hydroxylation is 1. The molecule has 1 unspecified atom stereocenters. The minimum Gasteiger partial charge on any atom is -0.323 e. The Morgan fingerprint density at radius 3 is 2.50 bits per heavy atom. The van der Waals surface area contributed by atoms with Gasteiger partial charge in [-0.2, -0.15) is 5.26 Å². The molecule has 0 amide bonds. The number of thiazole rings is 1. The van der Waals surface area contributed by atoms with Crippen molar-refractivity contribution in [3.05, 3.63) is 15.6 Å². The molecule has 0 bridgehead atoms. The van der Waals surface area contributed by atoms with Gasteiger partial charge in [-0.05, 0) is 27.7 Å². The first kappa shape index (κ1) is 11.2. The highest BCUT2D eigenvalue weighted by Crippen LogP contribution is 2.31. The lowest BCUT2D eigenvalue weighted by Crippen LogP contribution is -2.13. The van der Waals surface area contributed by atoms with Crippen molar-refractivity contribution < 1.29 is 0 Å². The topological polar surface area (TPSA) is 62.7 Å². The van der Waals surface area contributed by atoms with Crippen LogP contribution in [0.4, 0.5) is 0 Å². The summed E-state index contributed by atoms with van der Waals surface area (Å²) in [7, 11) is 0. The van der Waals surface area contributed by atoms with Crippen molar-refractivity contribution in [2.24, 2.45) is 5.73 Å². The molecule has 4 heteroatoms. The van der Waals surface area contributed by atoms with Gasteiger partial charge in [0.25, 0.3) is 0 Å². The molecular weight excluding hydrogens is 194 g/mol. The third kappa shape index (κ3) is 1.94. The Morgan fingerprint density at radius 2 is 2.14 bits per heavy atom. The molecule has 0 saturated heterocycles. The molecule has 0 fully saturated rings. The minimum absolute atomic E-state index is 0.00394. The number of nitrogens with two attached hydrogens (primary N) is 1. The molecule has 1 heterocycles. The molecule has 14 heavy (non-hydrogen) atoms. The maximum atomic E-state index is 8.97. The summed E-state index contributed by atoms with van der Waals surface area (Å²) < 4.78 is 0. The molecule has 0 radical (unpaired) electrons. The van der Waals surface area contributed by atoms with Crippen LogP contribution in [0.25, 0.3) is 0 Å². The lowest BCUT2D eigenvalue weighted by atomic mass is 9.97. The van der Waals surface area contributed by atoms with Gasteiger partial charge < -0.3 is 5.73 Å². The highest BCUT2D eigenvalue weighted by atomic mass is 32.1. The van der Waals surface area contributed by atoms with Gasteiger partial charge in [-0.25, -0.2) is 4.98 Å². The zero-order valence-electron chi connectivity index (χ0n) is 8.96. The van der Waals surface area contributed by atoms with Gasteiger partial charge >= 0.3 is 0 Å². The minimum atomic E-state index is -0.511. The fourth-order valence-corrected chi connectivity index (χ4v) is 2.22. The number of aromatic nitrogens is 1. The number of rotatable bonds is 2. The Bertz CT molecular complexity index is 371. The molecule has 1 atom stereocenters. The molecule has 1 rings (SSSR count). The van der Waals surface area contributed by atoms with Crippen LogP contribution in [-0.4, -0.2) is 4.98 Å². The van der Waals surface area contributed by atoms with Gasteiger partial charge in [-0.15, -0.1) is 11.3 Å². The molecule has 76 valence electrons. The smallest absolute Gasteiger partial charge is 0.113 e. The van der Waals surface area contributed by atoms with E-state index < -0.39 is 5.41 Å². The normalized spacial score (nSPS) is 13.7. The second-order valence-corrected chi connectivity index (χ2v) is 5.02. The molecular formula is C10H15N3S. The highest BCUT2D eigenvalue weighted by molar-refractivity contribution is 7.12. The Kier molecular flexibility index (Phi) is 2.93. The van der Waals surface area contributed by atoms with Gasteiger partial charge in [0.2, 0.25) is 0 Å². The van der Waals surface area contributed by atoms with Crippen LogP contribution in [0.15, 0.2) is 0 Å². The van der Waals surface area contributed by atoms with Crippen LogP contribution in [0.2, 0.25) is 0 Å². The molecule has 0 aromatic carbocycles.